The van der Waals surface area contributed by atoms with Crippen LogP contribution < -0.4 is 5.32 Å². The van der Waals surface area contributed by atoms with E-state index in [4.69, 9.17) is 11.6 Å². The van der Waals surface area contributed by atoms with Gasteiger partial charge in [-0.3, -0.25) is 0 Å². The van der Waals surface area contributed by atoms with Crippen molar-refractivity contribution in [2.75, 3.05) is 5.32 Å². The van der Waals surface area contributed by atoms with Crippen molar-refractivity contribution >= 4 is 23.2 Å². The molecule has 5 heteroatoms. The first kappa shape index (κ1) is 16.2. The number of nitrogens with one attached hydrogen (secondary N) is 1. The molecule has 0 saturated heterocycles. The normalized spacial score (nSPS) is 10.5. The van der Waals surface area contributed by atoms with E-state index < -0.39 is 0 Å². The van der Waals surface area contributed by atoms with Gasteiger partial charge in [0.1, 0.15) is 0 Å². The Balaban J connectivity index is 1.78. The maximum atomic E-state index is 5.96. The van der Waals surface area contributed by atoms with Gasteiger partial charge < -0.3 is 5.32 Å². The maximum absolute atomic E-state index is 5.96. The summed E-state index contributed by atoms with van der Waals surface area (Å²) < 4.78 is 0. The van der Waals surface area contributed by atoms with Gasteiger partial charge in [-0.1, -0.05) is 72.3 Å². The molecule has 0 saturated carbocycles. The quantitative estimate of drug-likeness (QED) is 0.515. The fourth-order valence-electron chi connectivity index (χ4n) is 2.53. The van der Waals surface area contributed by atoms with E-state index in [0.29, 0.717) is 22.6 Å². The summed E-state index contributed by atoms with van der Waals surface area (Å²) in [5, 5.41) is 3.91. The highest BCUT2D eigenvalue weighted by Crippen LogP contribution is 2.23. The molecular formula is C21H15ClN4. The predicted molar refractivity (Wildman–Crippen MR) is 105 cm³/mol. The third-order valence-corrected chi connectivity index (χ3v) is 4.05. The van der Waals surface area contributed by atoms with Gasteiger partial charge in [0, 0.05) is 21.8 Å². The van der Waals surface area contributed by atoms with Gasteiger partial charge in [0.15, 0.2) is 11.6 Å². The average molecular weight is 359 g/mol. The van der Waals surface area contributed by atoms with Gasteiger partial charge in [-0.2, -0.15) is 9.97 Å². The van der Waals surface area contributed by atoms with Crippen molar-refractivity contribution in [1.29, 1.82) is 0 Å². The van der Waals surface area contributed by atoms with E-state index in [1.807, 2.05) is 84.9 Å². The Bertz CT molecular complexity index is 945. The first-order chi connectivity index (χ1) is 12.8. The van der Waals surface area contributed by atoms with E-state index in [1.165, 1.54) is 0 Å². The van der Waals surface area contributed by atoms with Gasteiger partial charge in [0.05, 0.1) is 0 Å². The van der Waals surface area contributed by atoms with Crippen molar-refractivity contribution < 1.29 is 0 Å². The molecule has 4 nitrogen and oxygen atoms in total. The molecule has 0 atom stereocenters. The minimum atomic E-state index is 0.486. The summed E-state index contributed by atoms with van der Waals surface area (Å²) in [6.45, 7) is 0. The predicted octanol–water partition coefficient (Wildman–Crippen LogP) is 5.60. The molecule has 0 fully saturated rings. The number of aromatic nitrogens is 3. The van der Waals surface area contributed by atoms with Crippen LogP contribution in [-0.4, -0.2) is 15.0 Å². The lowest BCUT2D eigenvalue weighted by atomic mass is 10.2. The smallest absolute Gasteiger partial charge is 0.231 e. The summed E-state index contributed by atoms with van der Waals surface area (Å²) in [6, 6.07) is 27.1. The molecule has 0 aliphatic rings. The lowest BCUT2D eigenvalue weighted by Crippen LogP contribution is -2.03. The monoisotopic (exact) mass is 358 g/mol. The van der Waals surface area contributed by atoms with E-state index in [2.05, 4.69) is 20.3 Å². The van der Waals surface area contributed by atoms with Gasteiger partial charge in [-0.15, -0.1) is 0 Å². The molecular weight excluding hydrogens is 344 g/mol. The minimum Gasteiger partial charge on any atom is -0.324 e. The number of nitrogens with zero attached hydrogens (tertiary/aromatic N) is 3. The lowest BCUT2D eigenvalue weighted by molar-refractivity contribution is 1.07. The molecule has 4 rings (SSSR count). The Hall–Kier alpha value is -3.24. The molecule has 0 aliphatic carbocycles. The molecule has 1 heterocycles. The highest BCUT2D eigenvalue weighted by atomic mass is 35.5. The zero-order chi connectivity index (χ0) is 17.8. The Morgan fingerprint density at radius 2 is 1.08 bits per heavy atom. The van der Waals surface area contributed by atoms with Crippen LogP contribution in [0, 0.1) is 0 Å². The lowest BCUT2D eigenvalue weighted by Gasteiger charge is -2.09. The second-order valence-corrected chi connectivity index (χ2v) is 6.11. The number of benzene rings is 3. The molecule has 126 valence electrons. The van der Waals surface area contributed by atoms with E-state index in [-0.39, 0.29) is 0 Å². The number of rotatable bonds is 4. The SMILES string of the molecule is Clc1ccc(Nc2nc(-c3ccccc3)nc(-c3ccccc3)n2)cc1. The molecule has 4 aromatic rings. The fraction of sp³-hybridized carbons (Fsp3) is 0. The number of halogens is 1. The zero-order valence-corrected chi connectivity index (χ0v) is 14.6. The third-order valence-electron chi connectivity index (χ3n) is 3.80. The molecule has 0 bridgehead atoms. The van der Waals surface area contributed by atoms with Crippen LogP contribution in [-0.2, 0) is 0 Å². The molecule has 0 amide bonds. The van der Waals surface area contributed by atoms with Crippen LogP contribution in [0.15, 0.2) is 84.9 Å². The second-order valence-electron chi connectivity index (χ2n) is 5.67. The van der Waals surface area contributed by atoms with E-state index >= 15 is 0 Å². The van der Waals surface area contributed by atoms with Crippen molar-refractivity contribution in [3.8, 4) is 22.8 Å². The summed E-state index contributed by atoms with van der Waals surface area (Å²) in [5.41, 5.74) is 2.73. The van der Waals surface area contributed by atoms with Crippen molar-refractivity contribution in [2.45, 2.75) is 0 Å². The molecule has 1 N–H and O–H groups in total. The third kappa shape index (κ3) is 3.71. The summed E-state index contributed by atoms with van der Waals surface area (Å²) in [4.78, 5) is 13.8. The number of hydrogen-bond acceptors (Lipinski definition) is 4. The molecule has 1 aromatic heterocycles. The van der Waals surface area contributed by atoms with Crippen molar-refractivity contribution in [3.05, 3.63) is 90.0 Å². The largest absolute Gasteiger partial charge is 0.324 e. The molecule has 0 aliphatic heterocycles. The summed E-state index contributed by atoms with van der Waals surface area (Å²) >= 11 is 5.96. The van der Waals surface area contributed by atoms with Crippen molar-refractivity contribution in [2.24, 2.45) is 0 Å². The van der Waals surface area contributed by atoms with Gasteiger partial charge in [-0.05, 0) is 24.3 Å². The van der Waals surface area contributed by atoms with Crippen LogP contribution in [0.2, 0.25) is 5.02 Å². The van der Waals surface area contributed by atoms with Crippen LogP contribution in [0.4, 0.5) is 11.6 Å². The Labute approximate surface area is 156 Å². The number of anilines is 2. The van der Waals surface area contributed by atoms with Crippen LogP contribution in [0.3, 0.4) is 0 Å². The van der Waals surface area contributed by atoms with Crippen LogP contribution >= 0.6 is 11.6 Å². The Morgan fingerprint density at radius 3 is 1.58 bits per heavy atom. The molecule has 0 radical (unpaired) electrons. The average Bonchev–Trinajstić information content (AvgIpc) is 2.71. The second kappa shape index (κ2) is 7.33. The molecule has 3 aromatic carbocycles. The van der Waals surface area contributed by atoms with Crippen LogP contribution in [0.1, 0.15) is 0 Å². The van der Waals surface area contributed by atoms with Gasteiger partial charge >= 0.3 is 0 Å². The van der Waals surface area contributed by atoms with Gasteiger partial charge in [-0.25, -0.2) is 4.98 Å². The highest BCUT2D eigenvalue weighted by molar-refractivity contribution is 6.30. The molecule has 26 heavy (non-hydrogen) atoms. The fourth-order valence-corrected chi connectivity index (χ4v) is 2.65. The van der Waals surface area contributed by atoms with Crippen LogP contribution in [0.5, 0.6) is 0 Å². The van der Waals surface area contributed by atoms with Gasteiger partial charge in [0.25, 0.3) is 0 Å². The van der Waals surface area contributed by atoms with E-state index in [1.54, 1.807) is 0 Å². The highest BCUT2D eigenvalue weighted by Gasteiger charge is 2.10. The van der Waals surface area contributed by atoms with E-state index in [9.17, 15) is 0 Å². The van der Waals surface area contributed by atoms with E-state index in [0.717, 1.165) is 16.8 Å². The summed E-state index contributed by atoms with van der Waals surface area (Å²) in [5.74, 6) is 1.73. The van der Waals surface area contributed by atoms with Crippen molar-refractivity contribution in [3.63, 3.8) is 0 Å². The summed E-state index contributed by atoms with van der Waals surface area (Å²) in [7, 11) is 0. The first-order valence-electron chi connectivity index (χ1n) is 8.17. The Morgan fingerprint density at radius 1 is 0.577 bits per heavy atom. The molecule has 0 unspecified atom stereocenters. The zero-order valence-electron chi connectivity index (χ0n) is 13.8. The topological polar surface area (TPSA) is 50.7 Å². The first-order valence-corrected chi connectivity index (χ1v) is 8.55. The Kier molecular flexibility index (Phi) is 4.58. The van der Waals surface area contributed by atoms with Crippen molar-refractivity contribution in [1.82, 2.24) is 15.0 Å². The maximum Gasteiger partial charge on any atom is 0.231 e. The standard InChI is InChI=1S/C21H15ClN4/c22-17-11-13-18(14-12-17)23-21-25-19(15-7-3-1-4-8-15)24-20(26-21)16-9-5-2-6-10-16/h1-14H,(H,23,24,25,26). The van der Waals surface area contributed by atoms with Gasteiger partial charge in [0.2, 0.25) is 5.95 Å². The summed E-state index contributed by atoms with van der Waals surface area (Å²) in [6.07, 6.45) is 0. The minimum absolute atomic E-state index is 0.486. The molecule has 0 spiro atoms. The number of hydrogen-bond donors (Lipinski definition) is 1. The van der Waals surface area contributed by atoms with Crippen LogP contribution in [0.25, 0.3) is 22.8 Å².